The topological polar surface area (TPSA) is 81.9 Å². The lowest BCUT2D eigenvalue weighted by molar-refractivity contribution is -0.159. The van der Waals surface area contributed by atoms with Crippen LogP contribution in [-0.2, 0) is 20.9 Å². The van der Waals surface area contributed by atoms with E-state index in [1.807, 2.05) is 30.3 Å². The third-order valence-corrected chi connectivity index (χ3v) is 3.45. The first-order valence-corrected chi connectivity index (χ1v) is 7.72. The van der Waals surface area contributed by atoms with Gasteiger partial charge in [-0.05, 0) is 32.8 Å². The molecule has 0 saturated carbocycles. The van der Waals surface area contributed by atoms with Gasteiger partial charge in [-0.15, -0.1) is 0 Å². The van der Waals surface area contributed by atoms with Gasteiger partial charge in [-0.25, -0.2) is 9.59 Å². The van der Waals surface area contributed by atoms with Gasteiger partial charge in [0.2, 0.25) is 0 Å². The molecule has 1 amide bonds. The number of carbonyl (C=O) groups is 2. The molecule has 1 heterocycles. The Hall–Kier alpha value is -2.08. The average Bonchev–Trinajstić information content (AvgIpc) is 2.86. The van der Waals surface area contributed by atoms with Gasteiger partial charge in [-0.3, -0.25) is 4.90 Å². The normalized spacial score (nSPS) is 21.1. The van der Waals surface area contributed by atoms with Crippen LogP contribution < -0.4 is 5.73 Å². The first-order valence-electron chi connectivity index (χ1n) is 7.72. The van der Waals surface area contributed by atoms with Crippen LogP contribution in [0.15, 0.2) is 30.3 Å². The molecule has 2 atom stereocenters. The van der Waals surface area contributed by atoms with Gasteiger partial charge in [-0.1, -0.05) is 30.3 Å². The highest BCUT2D eigenvalue weighted by molar-refractivity contribution is 5.82. The van der Waals surface area contributed by atoms with Crippen molar-refractivity contribution in [2.45, 2.75) is 51.5 Å². The summed E-state index contributed by atoms with van der Waals surface area (Å²) in [6.45, 7) is 5.82. The molecule has 1 aromatic rings. The first-order chi connectivity index (χ1) is 10.8. The third kappa shape index (κ3) is 4.96. The second-order valence-corrected chi connectivity index (χ2v) is 6.74. The Bertz CT molecular complexity index is 553. The Morgan fingerprint density at radius 2 is 1.91 bits per heavy atom. The van der Waals surface area contributed by atoms with Crippen molar-refractivity contribution >= 4 is 12.1 Å². The Labute approximate surface area is 136 Å². The first kappa shape index (κ1) is 17.3. The van der Waals surface area contributed by atoms with Crippen molar-refractivity contribution in [1.82, 2.24) is 4.90 Å². The fourth-order valence-electron chi connectivity index (χ4n) is 2.47. The van der Waals surface area contributed by atoms with Crippen molar-refractivity contribution in [3.05, 3.63) is 35.9 Å². The van der Waals surface area contributed by atoms with E-state index in [4.69, 9.17) is 15.2 Å². The number of hydrogen-bond donors (Lipinski definition) is 1. The van der Waals surface area contributed by atoms with Crippen molar-refractivity contribution in [1.29, 1.82) is 0 Å². The highest BCUT2D eigenvalue weighted by Gasteiger charge is 2.41. The molecule has 6 heteroatoms. The molecule has 1 saturated heterocycles. The van der Waals surface area contributed by atoms with Crippen LogP contribution in [0.2, 0.25) is 0 Å². The summed E-state index contributed by atoms with van der Waals surface area (Å²) in [4.78, 5) is 25.9. The van der Waals surface area contributed by atoms with E-state index in [1.165, 1.54) is 4.90 Å². The SMILES string of the molecule is CC(C)(C)OC(=O)C1CC(N)CN1C(=O)OCc1ccccc1. The fourth-order valence-corrected chi connectivity index (χ4v) is 2.47. The van der Waals surface area contributed by atoms with E-state index < -0.39 is 23.7 Å². The monoisotopic (exact) mass is 320 g/mol. The van der Waals surface area contributed by atoms with E-state index in [1.54, 1.807) is 20.8 Å². The summed E-state index contributed by atoms with van der Waals surface area (Å²) in [7, 11) is 0. The van der Waals surface area contributed by atoms with E-state index in [-0.39, 0.29) is 19.2 Å². The standard InChI is InChI=1S/C17H24N2O4/c1-17(2,3)23-15(20)14-9-13(18)10-19(14)16(21)22-11-12-7-5-4-6-8-12/h4-8,13-14H,9-11,18H2,1-3H3. The number of nitrogens with two attached hydrogens (primary N) is 1. The zero-order valence-electron chi connectivity index (χ0n) is 13.8. The molecule has 0 radical (unpaired) electrons. The van der Waals surface area contributed by atoms with E-state index in [2.05, 4.69) is 0 Å². The van der Waals surface area contributed by atoms with Gasteiger partial charge in [0.1, 0.15) is 18.2 Å². The molecule has 126 valence electrons. The van der Waals surface area contributed by atoms with Crippen LogP contribution in [-0.4, -0.2) is 41.2 Å². The van der Waals surface area contributed by atoms with Crippen LogP contribution in [0.3, 0.4) is 0 Å². The minimum Gasteiger partial charge on any atom is -0.458 e. The smallest absolute Gasteiger partial charge is 0.410 e. The average molecular weight is 320 g/mol. The number of nitrogens with zero attached hydrogens (tertiary/aromatic N) is 1. The Morgan fingerprint density at radius 1 is 1.26 bits per heavy atom. The molecule has 2 rings (SSSR count). The van der Waals surface area contributed by atoms with E-state index in [0.29, 0.717) is 6.42 Å². The van der Waals surface area contributed by atoms with Crippen molar-refractivity contribution in [3.8, 4) is 0 Å². The van der Waals surface area contributed by atoms with Crippen LogP contribution in [0, 0.1) is 0 Å². The number of ether oxygens (including phenoxy) is 2. The number of amides is 1. The van der Waals surface area contributed by atoms with Crippen molar-refractivity contribution in [3.63, 3.8) is 0 Å². The van der Waals surface area contributed by atoms with Crippen molar-refractivity contribution in [2.75, 3.05) is 6.54 Å². The van der Waals surface area contributed by atoms with Gasteiger partial charge in [-0.2, -0.15) is 0 Å². The Morgan fingerprint density at radius 3 is 2.52 bits per heavy atom. The van der Waals surface area contributed by atoms with Gasteiger partial charge in [0.15, 0.2) is 0 Å². The maximum absolute atomic E-state index is 12.3. The Kier molecular flexibility index (Phi) is 5.26. The molecule has 1 aromatic carbocycles. The van der Waals surface area contributed by atoms with Crippen LogP contribution >= 0.6 is 0 Å². The summed E-state index contributed by atoms with van der Waals surface area (Å²) in [5.74, 6) is -0.442. The number of hydrogen-bond acceptors (Lipinski definition) is 5. The van der Waals surface area contributed by atoms with Crippen molar-refractivity contribution in [2.24, 2.45) is 5.73 Å². The summed E-state index contributed by atoms with van der Waals surface area (Å²) >= 11 is 0. The van der Waals surface area contributed by atoms with Gasteiger partial charge in [0.25, 0.3) is 0 Å². The van der Waals surface area contributed by atoms with E-state index in [9.17, 15) is 9.59 Å². The Balaban J connectivity index is 1.98. The molecule has 23 heavy (non-hydrogen) atoms. The van der Waals surface area contributed by atoms with E-state index in [0.717, 1.165) is 5.56 Å². The lowest BCUT2D eigenvalue weighted by Gasteiger charge is -2.26. The highest BCUT2D eigenvalue weighted by Crippen LogP contribution is 2.22. The minimum atomic E-state index is -0.688. The quantitative estimate of drug-likeness (QED) is 0.862. The van der Waals surface area contributed by atoms with Crippen LogP contribution in [0.1, 0.15) is 32.8 Å². The maximum atomic E-state index is 12.3. The number of likely N-dealkylation sites (tertiary alicyclic amines) is 1. The molecule has 0 aliphatic carbocycles. The van der Waals surface area contributed by atoms with Gasteiger partial charge >= 0.3 is 12.1 Å². The summed E-state index contributed by atoms with van der Waals surface area (Å²) in [5, 5.41) is 0. The van der Waals surface area contributed by atoms with Crippen molar-refractivity contribution < 1.29 is 19.1 Å². The molecule has 1 aliphatic rings. The lowest BCUT2D eigenvalue weighted by Crippen LogP contribution is -2.43. The minimum absolute atomic E-state index is 0.159. The predicted octanol–water partition coefficient (Wildman–Crippen LogP) is 2.07. The van der Waals surface area contributed by atoms with E-state index >= 15 is 0 Å². The van der Waals surface area contributed by atoms with Crippen LogP contribution in [0.4, 0.5) is 4.79 Å². The molecule has 1 fully saturated rings. The molecule has 2 unspecified atom stereocenters. The number of rotatable bonds is 3. The molecule has 0 bridgehead atoms. The largest absolute Gasteiger partial charge is 0.458 e. The predicted molar refractivity (Wildman–Crippen MR) is 85.6 cm³/mol. The highest BCUT2D eigenvalue weighted by atomic mass is 16.6. The van der Waals surface area contributed by atoms with Gasteiger partial charge in [0, 0.05) is 12.6 Å². The molecule has 0 aromatic heterocycles. The molecular weight excluding hydrogens is 296 g/mol. The zero-order valence-corrected chi connectivity index (χ0v) is 13.8. The second-order valence-electron chi connectivity index (χ2n) is 6.74. The molecule has 2 N–H and O–H groups in total. The summed E-state index contributed by atoms with van der Waals surface area (Å²) in [6, 6.07) is 8.44. The number of esters is 1. The molecule has 6 nitrogen and oxygen atoms in total. The molecular formula is C17H24N2O4. The van der Waals surface area contributed by atoms with Gasteiger partial charge in [0.05, 0.1) is 0 Å². The summed E-state index contributed by atoms with van der Waals surface area (Å²) in [6.07, 6.45) is -0.160. The maximum Gasteiger partial charge on any atom is 0.410 e. The molecule has 1 aliphatic heterocycles. The third-order valence-electron chi connectivity index (χ3n) is 3.45. The summed E-state index contributed by atoms with van der Waals surface area (Å²) in [5.41, 5.74) is 6.18. The van der Waals surface area contributed by atoms with Crippen LogP contribution in [0.25, 0.3) is 0 Å². The summed E-state index contributed by atoms with van der Waals surface area (Å²) < 4.78 is 10.7. The zero-order chi connectivity index (χ0) is 17.0. The lowest BCUT2D eigenvalue weighted by atomic mass is 10.1. The number of carbonyl (C=O) groups excluding carboxylic acids is 2. The number of benzene rings is 1. The van der Waals surface area contributed by atoms with Gasteiger partial charge < -0.3 is 15.2 Å². The van der Waals surface area contributed by atoms with Crippen LogP contribution in [0.5, 0.6) is 0 Å². The molecule has 0 spiro atoms. The second kappa shape index (κ2) is 7.00. The fraction of sp³-hybridized carbons (Fsp3) is 0.529.